The monoisotopic (exact) mass is 247 g/mol. The summed E-state index contributed by atoms with van der Waals surface area (Å²) in [4.78, 5) is 0. The number of aryl methyl sites for hydroxylation is 1. The number of allylic oxidation sites excluding steroid dienone is 1. The van der Waals surface area contributed by atoms with Gasteiger partial charge in [-0.3, -0.25) is 0 Å². The van der Waals surface area contributed by atoms with Crippen molar-refractivity contribution in [3.8, 4) is 0 Å². The lowest BCUT2D eigenvalue weighted by molar-refractivity contribution is 0.808. The summed E-state index contributed by atoms with van der Waals surface area (Å²) in [7, 11) is 0. The molecule has 0 amide bonds. The summed E-state index contributed by atoms with van der Waals surface area (Å²) >= 11 is 6.10. The largest absolute Gasteiger partial charge is 0.341 e. The Morgan fingerprint density at radius 2 is 2.18 bits per heavy atom. The van der Waals surface area contributed by atoms with Crippen LogP contribution in [-0.2, 0) is 13.0 Å². The van der Waals surface area contributed by atoms with E-state index < -0.39 is 0 Å². The van der Waals surface area contributed by atoms with Gasteiger partial charge in [-0.15, -0.1) is 6.58 Å². The highest BCUT2D eigenvalue weighted by atomic mass is 35.5. The lowest BCUT2D eigenvalue weighted by Gasteiger charge is -2.04. The summed E-state index contributed by atoms with van der Waals surface area (Å²) in [5.74, 6) is 0. The first-order valence-corrected chi connectivity index (χ1v) is 6.45. The molecule has 2 rings (SSSR count). The van der Waals surface area contributed by atoms with Crippen LogP contribution in [0.15, 0.2) is 30.9 Å². The maximum absolute atomic E-state index is 6.10. The molecule has 0 fully saturated rings. The smallest absolute Gasteiger partial charge is 0.0489 e. The van der Waals surface area contributed by atoms with Crippen molar-refractivity contribution in [2.45, 2.75) is 33.2 Å². The first-order valence-electron chi connectivity index (χ1n) is 6.07. The zero-order chi connectivity index (χ0) is 12.4. The van der Waals surface area contributed by atoms with Crippen LogP contribution < -0.4 is 0 Å². The molecule has 2 heteroatoms. The molecule has 0 bridgehead atoms. The Kier molecular flexibility index (Phi) is 3.58. The van der Waals surface area contributed by atoms with Crippen molar-refractivity contribution >= 4 is 22.5 Å². The second kappa shape index (κ2) is 4.97. The first kappa shape index (κ1) is 12.3. The van der Waals surface area contributed by atoms with Gasteiger partial charge in [-0.05, 0) is 37.1 Å². The van der Waals surface area contributed by atoms with E-state index >= 15 is 0 Å². The van der Waals surface area contributed by atoms with E-state index in [0.717, 1.165) is 24.4 Å². The average molecular weight is 248 g/mol. The Labute approximate surface area is 108 Å². The molecule has 0 saturated carbocycles. The highest BCUT2D eigenvalue weighted by Gasteiger charge is 2.12. The van der Waals surface area contributed by atoms with Gasteiger partial charge < -0.3 is 4.57 Å². The Morgan fingerprint density at radius 3 is 2.82 bits per heavy atom. The summed E-state index contributed by atoms with van der Waals surface area (Å²) < 4.78 is 2.31. The molecular formula is C15H18ClN. The second-order valence-electron chi connectivity index (χ2n) is 4.37. The van der Waals surface area contributed by atoms with Crippen LogP contribution in [0, 0.1) is 6.92 Å². The standard InChI is InChI=1S/C15H18ClN/c1-4-6-13-11(3)17(9-5-2)15-8-7-12(16)10-14(13)15/h5,7-8,10H,2,4,6,9H2,1,3H3. The maximum Gasteiger partial charge on any atom is 0.0489 e. The van der Waals surface area contributed by atoms with Crippen molar-refractivity contribution in [3.63, 3.8) is 0 Å². The normalized spacial score (nSPS) is 11.0. The summed E-state index contributed by atoms with van der Waals surface area (Å²) in [6.07, 6.45) is 4.20. The van der Waals surface area contributed by atoms with Crippen LogP contribution in [0.3, 0.4) is 0 Å². The van der Waals surface area contributed by atoms with Gasteiger partial charge in [0.15, 0.2) is 0 Å². The molecule has 0 atom stereocenters. The number of hydrogen-bond acceptors (Lipinski definition) is 0. The van der Waals surface area contributed by atoms with E-state index in [0.29, 0.717) is 0 Å². The van der Waals surface area contributed by atoms with Gasteiger partial charge in [0.2, 0.25) is 0 Å². The van der Waals surface area contributed by atoms with Crippen LogP contribution in [0.4, 0.5) is 0 Å². The fourth-order valence-corrected chi connectivity index (χ4v) is 2.63. The molecule has 1 heterocycles. The number of aromatic nitrogens is 1. The molecule has 0 aliphatic heterocycles. The Morgan fingerprint density at radius 1 is 1.41 bits per heavy atom. The minimum Gasteiger partial charge on any atom is -0.341 e. The van der Waals surface area contributed by atoms with E-state index in [1.54, 1.807) is 0 Å². The molecule has 90 valence electrons. The van der Waals surface area contributed by atoms with E-state index in [2.05, 4.69) is 37.1 Å². The summed E-state index contributed by atoms with van der Waals surface area (Å²) in [5, 5.41) is 2.10. The maximum atomic E-state index is 6.10. The zero-order valence-corrected chi connectivity index (χ0v) is 11.2. The Balaban J connectivity index is 2.73. The van der Waals surface area contributed by atoms with E-state index in [-0.39, 0.29) is 0 Å². The zero-order valence-electron chi connectivity index (χ0n) is 10.5. The molecular weight excluding hydrogens is 230 g/mol. The van der Waals surface area contributed by atoms with Gasteiger partial charge in [-0.25, -0.2) is 0 Å². The highest BCUT2D eigenvalue weighted by molar-refractivity contribution is 6.31. The Hall–Kier alpha value is -1.21. The number of halogens is 1. The van der Waals surface area contributed by atoms with Gasteiger partial charge in [0.05, 0.1) is 0 Å². The minimum absolute atomic E-state index is 0.811. The number of fused-ring (bicyclic) bond motifs is 1. The molecule has 1 nitrogen and oxygen atoms in total. The second-order valence-corrected chi connectivity index (χ2v) is 4.81. The van der Waals surface area contributed by atoms with Gasteiger partial charge >= 0.3 is 0 Å². The predicted octanol–water partition coefficient (Wildman–Crippen LogP) is 4.74. The molecule has 0 saturated heterocycles. The molecule has 0 aliphatic rings. The molecule has 1 aromatic heterocycles. The van der Waals surface area contributed by atoms with Crippen molar-refractivity contribution in [3.05, 3.63) is 47.1 Å². The van der Waals surface area contributed by atoms with Crippen LogP contribution >= 0.6 is 11.6 Å². The van der Waals surface area contributed by atoms with Crippen LogP contribution in [0.2, 0.25) is 5.02 Å². The van der Waals surface area contributed by atoms with Crippen LogP contribution in [-0.4, -0.2) is 4.57 Å². The third-order valence-corrected chi connectivity index (χ3v) is 3.46. The highest BCUT2D eigenvalue weighted by Crippen LogP contribution is 2.29. The van der Waals surface area contributed by atoms with Gasteiger partial charge in [-0.1, -0.05) is 31.0 Å². The number of rotatable bonds is 4. The fraction of sp³-hybridized carbons (Fsp3) is 0.333. The molecule has 0 spiro atoms. The molecule has 0 radical (unpaired) electrons. The SMILES string of the molecule is C=CCn1c(C)c(CCC)c2cc(Cl)ccc21. The van der Waals surface area contributed by atoms with Crippen molar-refractivity contribution in [2.24, 2.45) is 0 Å². The predicted molar refractivity (Wildman–Crippen MR) is 75.9 cm³/mol. The average Bonchev–Trinajstić information content (AvgIpc) is 2.55. The molecule has 0 unspecified atom stereocenters. The first-order chi connectivity index (χ1) is 8.19. The lowest BCUT2D eigenvalue weighted by Crippen LogP contribution is -1.98. The number of hydrogen-bond donors (Lipinski definition) is 0. The van der Waals surface area contributed by atoms with Gasteiger partial charge in [0.1, 0.15) is 0 Å². The van der Waals surface area contributed by atoms with Gasteiger partial charge in [-0.2, -0.15) is 0 Å². The topological polar surface area (TPSA) is 4.93 Å². The third kappa shape index (κ3) is 2.12. The number of nitrogens with zero attached hydrogens (tertiary/aromatic N) is 1. The third-order valence-electron chi connectivity index (χ3n) is 3.23. The van der Waals surface area contributed by atoms with Crippen LogP contribution in [0.1, 0.15) is 24.6 Å². The Bertz CT molecular complexity index is 552. The summed E-state index contributed by atoms with van der Waals surface area (Å²) in [6.45, 7) is 9.08. The van der Waals surface area contributed by atoms with E-state index in [1.165, 1.54) is 22.2 Å². The van der Waals surface area contributed by atoms with Crippen LogP contribution in [0.25, 0.3) is 10.9 Å². The summed E-state index contributed by atoms with van der Waals surface area (Å²) in [6, 6.07) is 6.14. The van der Waals surface area contributed by atoms with Crippen molar-refractivity contribution in [2.75, 3.05) is 0 Å². The van der Waals surface area contributed by atoms with Crippen molar-refractivity contribution in [1.29, 1.82) is 0 Å². The van der Waals surface area contributed by atoms with Gasteiger partial charge in [0, 0.05) is 28.2 Å². The van der Waals surface area contributed by atoms with E-state index in [1.807, 2.05) is 12.1 Å². The van der Waals surface area contributed by atoms with Crippen molar-refractivity contribution in [1.82, 2.24) is 4.57 Å². The minimum atomic E-state index is 0.811. The van der Waals surface area contributed by atoms with E-state index in [4.69, 9.17) is 11.6 Å². The molecule has 0 aliphatic carbocycles. The molecule has 17 heavy (non-hydrogen) atoms. The van der Waals surface area contributed by atoms with E-state index in [9.17, 15) is 0 Å². The van der Waals surface area contributed by atoms with Gasteiger partial charge in [0.25, 0.3) is 0 Å². The molecule has 1 aromatic carbocycles. The lowest BCUT2D eigenvalue weighted by atomic mass is 10.1. The molecule has 2 aromatic rings. The number of benzene rings is 1. The van der Waals surface area contributed by atoms with Crippen molar-refractivity contribution < 1.29 is 0 Å². The van der Waals surface area contributed by atoms with Crippen LogP contribution in [0.5, 0.6) is 0 Å². The fourth-order valence-electron chi connectivity index (χ4n) is 2.45. The summed E-state index contributed by atoms with van der Waals surface area (Å²) in [5.41, 5.74) is 4.02. The molecule has 0 N–H and O–H groups in total. The quantitative estimate of drug-likeness (QED) is 0.688.